The van der Waals surface area contributed by atoms with Gasteiger partial charge in [-0.15, -0.1) is 0 Å². The van der Waals surface area contributed by atoms with Gasteiger partial charge in [0.25, 0.3) is 0 Å². The molecule has 1 aliphatic rings. The monoisotopic (exact) mass is 313 g/mol. The van der Waals surface area contributed by atoms with Gasteiger partial charge >= 0.3 is 0 Å². The molecule has 3 N–H and O–H groups in total. The van der Waals surface area contributed by atoms with Gasteiger partial charge in [-0.1, -0.05) is 0 Å². The maximum atomic E-state index is 12.9. The molecular weight excluding hydrogens is 294 g/mol. The van der Waals surface area contributed by atoms with Crippen molar-refractivity contribution >= 4 is 21.6 Å². The lowest BCUT2D eigenvalue weighted by atomic mass is 10.0. The first-order chi connectivity index (χ1) is 9.71. The van der Waals surface area contributed by atoms with Crippen molar-refractivity contribution in [2.75, 3.05) is 25.9 Å². The number of nitrogens with one attached hydrogen (secondary N) is 1. The van der Waals surface area contributed by atoms with Gasteiger partial charge in [-0.25, -0.2) is 8.42 Å². The second-order valence-corrected chi connectivity index (χ2v) is 7.13. The van der Waals surface area contributed by atoms with Crippen LogP contribution in [0.3, 0.4) is 0 Å². The number of sulfonamides is 1. The third kappa shape index (κ3) is 2.56. The molecule has 0 saturated carbocycles. The first-order valence-electron chi connectivity index (χ1n) is 6.46. The average Bonchev–Trinajstić information content (AvgIpc) is 2.41. The normalized spacial score (nSPS) is 19.1. The fourth-order valence-corrected chi connectivity index (χ4v) is 4.26. The molecule has 1 heterocycles. The quantitative estimate of drug-likeness (QED) is 0.775. The second-order valence-electron chi connectivity index (χ2n) is 5.30. The number of piperazine rings is 1. The largest absolute Gasteiger partial charge is 0.495 e. The van der Waals surface area contributed by atoms with Gasteiger partial charge in [0.1, 0.15) is 16.2 Å². The highest BCUT2D eigenvalue weighted by Crippen LogP contribution is 2.33. The van der Waals surface area contributed by atoms with E-state index in [0.717, 1.165) is 0 Å². The lowest BCUT2D eigenvalue weighted by Gasteiger charge is -2.40. The van der Waals surface area contributed by atoms with Crippen LogP contribution >= 0.6 is 0 Å². The van der Waals surface area contributed by atoms with Crippen LogP contribution in [-0.4, -0.2) is 44.4 Å². The van der Waals surface area contributed by atoms with Crippen LogP contribution in [0.4, 0.5) is 5.69 Å². The SMILES string of the molecule is COc1ccc(N)cc1S(=O)(=O)N1CCNC(=O)C1(C)C. The molecule has 7 nitrogen and oxygen atoms in total. The molecule has 1 amide bonds. The molecular formula is C13H19N3O4S. The predicted molar refractivity (Wildman–Crippen MR) is 78.4 cm³/mol. The summed E-state index contributed by atoms with van der Waals surface area (Å²) in [7, 11) is -2.51. The minimum absolute atomic E-state index is 0.0345. The Hall–Kier alpha value is -1.80. The van der Waals surface area contributed by atoms with Crippen LogP contribution in [0.1, 0.15) is 13.8 Å². The summed E-state index contributed by atoms with van der Waals surface area (Å²) in [6.45, 7) is 3.60. The van der Waals surface area contributed by atoms with E-state index in [1.165, 1.54) is 23.5 Å². The fraction of sp³-hybridized carbons (Fsp3) is 0.462. The summed E-state index contributed by atoms with van der Waals surface area (Å²) in [5.74, 6) is -0.133. The summed E-state index contributed by atoms with van der Waals surface area (Å²) < 4.78 is 32.1. The topological polar surface area (TPSA) is 102 Å². The summed E-state index contributed by atoms with van der Waals surface area (Å²) in [6, 6.07) is 4.40. The number of methoxy groups -OCH3 is 1. The number of benzene rings is 1. The van der Waals surface area contributed by atoms with Gasteiger partial charge in [-0.05, 0) is 32.0 Å². The van der Waals surface area contributed by atoms with Crippen LogP contribution in [0, 0.1) is 0 Å². The number of ether oxygens (including phenoxy) is 1. The Balaban J connectivity index is 2.57. The first-order valence-corrected chi connectivity index (χ1v) is 7.90. The number of rotatable bonds is 3. The van der Waals surface area contributed by atoms with Gasteiger partial charge in [0.15, 0.2) is 0 Å². The summed E-state index contributed by atoms with van der Waals surface area (Å²) in [5.41, 5.74) is 4.83. The molecule has 1 aromatic carbocycles. The number of hydrogen-bond acceptors (Lipinski definition) is 5. The maximum Gasteiger partial charge on any atom is 0.247 e. The van der Waals surface area contributed by atoms with Crippen LogP contribution < -0.4 is 15.8 Å². The van der Waals surface area contributed by atoms with Crippen molar-refractivity contribution in [2.24, 2.45) is 0 Å². The first kappa shape index (κ1) is 15.6. The molecule has 0 radical (unpaired) electrons. The van der Waals surface area contributed by atoms with Gasteiger partial charge in [0.05, 0.1) is 7.11 Å². The van der Waals surface area contributed by atoms with E-state index in [4.69, 9.17) is 10.5 Å². The van der Waals surface area contributed by atoms with Crippen LogP contribution in [0.15, 0.2) is 23.1 Å². The zero-order valence-corrected chi connectivity index (χ0v) is 13.0. The van der Waals surface area contributed by atoms with E-state index < -0.39 is 15.6 Å². The molecule has 0 aromatic heterocycles. The summed E-state index contributed by atoms with van der Waals surface area (Å²) in [4.78, 5) is 11.9. The molecule has 8 heteroatoms. The highest BCUT2D eigenvalue weighted by Gasteiger charge is 2.45. The molecule has 1 aliphatic heterocycles. The maximum absolute atomic E-state index is 12.9. The Morgan fingerprint density at radius 2 is 2.05 bits per heavy atom. The van der Waals surface area contributed by atoms with Crippen molar-refractivity contribution in [3.63, 3.8) is 0 Å². The predicted octanol–water partition coefficient (Wildman–Crippen LogP) is 0.176. The number of carbonyl (C=O) groups excluding carboxylic acids is 1. The Kier molecular flexibility index (Phi) is 3.85. The van der Waals surface area contributed by atoms with Gasteiger partial charge < -0.3 is 15.8 Å². The van der Waals surface area contributed by atoms with Gasteiger partial charge in [0, 0.05) is 18.8 Å². The highest BCUT2D eigenvalue weighted by molar-refractivity contribution is 7.89. The molecule has 1 saturated heterocycles. The third-order valence-corrected chi connectivity index (χ3v) is 5.63. The van der Waals surface area contributed by atoms with Crippen LogP contribution in [0.5, 0.6) is 5.75 Å². The van der Waals surface area contributed by atoms with Crippen molar-refractivity contribution in [1.29, 1.82) is 0 Å². The van der Waals surface area contributed by atoms with Crippen molar-refractivity contribution in [3.05, 3.63) is 18.2 Å². The molecule has 1 fully saturated rings. The van der Waals surface area contributed by atoms with E-state index in [0.29, 0.717) is 5.69 Å². The lowest BCUT2D eigenvalue weighted by Crippen LogP contribution is -2.63. The Labute approximate surface area is 124 Å². The van der Waals surface area contributed by atoms with E-state index in [2.05, 4.69) is 5.32 Å². The van der Waals surface area contributed by atoms with Crippen molar-refractivity contribution in [3.8, 4) is 5.75 Å². The van der Waals surface area contributed by atoms with Crippen LogP contribution in [-0.2, 0) is 14.8 Å². The van der Waals surface area contributed by atoms with E-state index in [-0.39, 0.29) is 29.6 Å². The minimum Gasteiger partial charge on any atom is -0.495 e. The van der Waals surface area contributed by atoms with E-state index >= 15 is 0 Å². The molecule has 0 atom stereocenters. The molecule has 0 unspecified atom stereocenters. The molecule has 2 rings (SSSR count). The van der Waals surface area contributed by atoms with Crippen molar-refractivity contribution in [1.82, 2.24) is 9.62 Å². The number of anilines is 1. The summed E-state index contributed by atoms with van der Waals surface area (Å²) >= 11 is 0. The van der Waals surface area contributed by atoms with Gasteiger partial charge in [-0.2, -0.15) is 4.31 Å². The van der Waals surface area contributed by atoms with E-state index in [1.807, 2.05) is 0 Å². The molecule has 0 aliphatic carbocycles. The zero-order chi connectivity index (χ0) is 15.8. The number of hydrogen-bond donors (Lipinski definition) is 2. The average molecular weight is 313 g/mol. The summed E-state index contributed by atoms with van der Waals surface area (Å²) in [6.07, 6.45) is 0. The fourth-order valence-electron chi connectivity index (χ4n) is 2.31. The highest BCUT2D eigenvalue weighted by atomic mass is 32.2. The van der Waals surface area contributed by atoms with Gasteiger partial charge in [-0.3, -0.25) is 4.79 Å². The lowest BCUT2D eigenvalue weighted by molar-refractivity contribution is -0.131. The number of nitrogens with two attached hydrogens (primary N) is 1. The van der Waals surface area contributed by atoms with Crippen molar-refractivity contribution in [2.45, 2.75) is 24.3 Å². The Morgan fingerprint density at radius 1 is 1.38 bits per heavy atom. The molecule has 0 spiro atoms. The zero-order valence-electron chi connectivity index (χ0n) is 12.2. The number of amides is 1. The van der Waals surface area contributed by atoms with Crippen LogP contribution in [0.2, 0.25) is 0 Å². The molecule has 21 heavy (non-hydrogen) atoms. The molecule has 1 aromatic rings. The number of carbonyl (C=O) groups is 1. The number of nitrogens with zero attached hydrogens (tertiary/aromatic N) is 1. The van der Waals surface area contributed by atoms with Crippen molar-refractivity contribution < 1.29 is 17.9 Å². The molecule has 116 valence electrons. The Bertz CT molecular complexity index is 670. The van der Waals surface area contributed by atoms with E-state index in [9.17, 15) is 13.2 Å². The summed E-state index contributed by atoms with van der Waals surface area (Å²) in [5, 5.41) is 2.66. The minimum atomic E-state index is -3.90. The third-order valence-electron chi connectivity index (χ3n) is 3.54. The second kappa shape index (κ2) is 5.19. The number of nitrogen functional groups attached to an aromatic ring is 1. The van der Waals surface area contributed by atoms with Gasteiger partial charge in [0.2, 0.25) is 15.9 Å². The molecule has 0 bridgehead atoms. The smallest absolute Gasteiger partial charge is 0.247 e. The van der Waals surface area contributed by atoms with Crippen LogP contribution in [0.25, 0.3) is 0 Å². The Morgan fingerprint density at radius 3 is 2.67 bits per heavy atom. The standard InChI is InChI=1S/C13H19N3O4S/c1-13(2)12(17)15-6-7-16(13)21(18,19)11-8-9(14)4-5-10(11)20-3/h4-5,8H,6-7,14H2,1-3H3,(H,15,17). The van der Waals surface area contributed by atoms with E-state index in [1.54, 1.807) is 19.9 Å².